The molecule has 4 rings (SSSR count). The summed E-state index contributed by atoms with van der Waals surface area (Å²) in [5.41, 5.74) is 3.56. The van der Waals surface area contributed by atoms with Gasteiger partial charge in [-0.05, 0) is 49.6 Å². The lowest BCUT2D eigenvalue weighted by Gasteiger charge is -2.22. The standard InChI is InChI=1S/C21H19Cl3N2O2/c22-16-6-4-14(5-7-16)21-15(13-28-20-3-1-2-10-27-20)12-25-26(21)19-9-8-17(23)11-18(19)24/h4-9,11-12,20H,1-3,10,13H2. The van der Waals surface area contributed by atoms with E-state index in [1.807, 2.05) is 35.0 Å². The largest absolute Gasteiger partial charge is 0.353 e. The lowest BCUT2D eigenvalue weighted by Crippen LogP contribution is -2.22. The van der Waals surface area contributed by atoms with Crippen LogP contribution in [-0.2, 0) is 16.1 Å². The molecule has 0 radical (unpaired) electrons. The Morgan fingerprint density at radius 2 is 1.82 bits per heavy atom. The molecular formula is C21H19Cl3N2O2. The molecule has 0 amide bonds. The van der Waals surface area contributed by atoms with Gasteiger partial charge in [-0.3, -0.25) is 0 Å². The van der Waals surface area contributed by atoms with E-state index in [-0.39, 0.29) is 6.29 Å². The molecule has 0 saturated carbocycles. The van der Waals surface area contributed by atoms with E-state index < -0.39 is 0 Å². The Balaban J connectivity index is 1.71. The van der Waals surface area contributed by atoms with Crippen LogP contribution in [0, 0.1) is 0 Å². The zero-order chi connectivity index (χ0) is 19.5. The summed E-state index contributed by atoms with van der Waals surface area (Å²) in [5.74, 6) is 0. The molecule has 1 unspecified atom stereocenters. The third-order valence-corrected chi connectivity index (χ3v) is 5.45. The molecule has 0 bridgehead atoms. The number of ether oxygens (including phenoxy) is 2. The van der Waals surface area contributed by atoms with Gasteiger partial charge in [-0.25, -0.2) is 4.68 Å². The SMILES string of the molecule is Clc1ccc(-c2c(COC3CCCCO3)cnn2-c2ccc(Cl)cc2Cl)cc1. The van der Waals surface area contributed by atoms with Crippen LogP contribution in [0.5, 0.6) is 0 Å². The number of hydrogen-bond acceptors (Lipinski definition) is 3. The van der Waals surface area contributed by atoms with E-state index in [2.05, 4.69) is 5.10 Å². The van der Waals surface area contributed by atoms with E-state index in [1.165, 1.54) is 0 Å². The van der Waals surface area contributed by atoms with E-state index in [9.17, 15) is 0 Å². The lowest BCUT2D eigenvalue weighted by atomic mass is 10.1. The minimum atomic E-state index is -0.172. The molecule has 2 aromatic carbocycles. The summed E-state index contributed by atoms with van der Waals surface area (Å²) in [4.78, 5) is 0. The molecule has 1 fully saturated rings. The van der Waals surface area contributed by atoms with Crippen molar-refractivity contribution in [2.75, 3.05) is 6.61 Å². The molecule has 0 aliphatic carbocycles. The second-order valence-electron chi connectivity index (χ2n) is 6.64. The topological polar surface area (TPSA) is 36.3 Å². The van der Waals surface area contributed by atoms with Crippen molar-refractivity contribution < 1.29 is 9.47 Å². The van der Waals surface area contributed by atoms with E-state index in [0.717, 1.165) is 48.4 Å². The van der Waals surface area contributed by atoms with Gasteiger partial charge < -0.3 is 9.47 Å². The van der Waals surface area contributed by atoms with Crippen molar-refractivity contribution in [1.29, 1.82) is 0 Å². The quantitative estimate of drug-likeness (QED) is 0.454. The summed E-state index contributed by atoms with van der Waals surface area (Å²) in [6.45, 7) is 1.14. The lowest BCUT2D eigenvalue weighted by molar-refractivity contribution is -0.168. The predicted molar refractivity (Wildman–Crippen MR) is 112 cm³/mol. The second kappa shape index (κ2) is 8.85. The molecule has 1 aromatic heterocycles. The molecule has 28 heavy (non-hydrogen) atoms. The average Bonchev–Trinajstić information content (AvgIpc) is 3.11. The fourth-order valence-corrected chi connectivity index (χ4v) is 3.88. The van der Waals surface area contributed by atoms with Crippen molar-refractivity contribution in [2.45, 2.75) is 32.2 Å². The van der Waals surface area contributed by atoms with Crippen molar-refractivity contribution in [2.24, 2.45) is 0 Å². The Morgan fingerprint density at radius 1 is 1.04 bits per heavy atom. The number of aromatic nitrogens is 2. The number of rotatable bonds is 5. The van der Waals surface area contributed by atoms with Crippen LogP contribution in [0.4, 0.5) is 0 Å². The Morgan fingerprint density at radius 3 is 2.54 bits per heavy atom. The molecule has 7 heteroatoms. The highest BCUT2D eigenvalue weighted by Gasteiger charge is 2.19. The first-order valence-corrected chi connectivity index (χ1v) is 10.3. The zero-order valence-electron chi connectivity index (χ0n) is 15.1. The van der Waals surface area contributed by atoms with Gasteiger partial charge in [0.1, 0.15) is 0 Å². The van der Waals surface area contributed by atoms with Crippen molar-refractivity contribution in [3.8, 4) is 16.9 Å². The third kappa shape index (κ3) is 4.37. The van der Waals surface area contributed by atoms with Gasteiger partial charge in [-0.15, -0.1) is 0 Å². The van der Waals surface area contributed by atoms with Crippen LogP contribution in [0.25, 0.3) is 16.9 Å². The van der Waals surface area contributed by atoms with Gasteiger partial charge in [-0.2, -0.15) is 5.10 Å². The fraction of sp³-hybridized carbons (Fsp3) is 0.286. The first-order chi connectivity index (χ1) is 13.6. The van der Waals surface area contributed by atoms with E-state index in [0.29, 0.717) is 21.7 Å². The normalized spacial score (nSPS) is 17.0. The highest BCUT2D eigenvalue weighted by Crippen LogP contribution is 2.32. The Hall–Kier alpha value is -1.56. The van der Waals surface area contributed by atoms with Crippen molar-refractivity contribution >= 4 is 34.8 Å². The van der Waals surface area contributed by atoms with Crippen LogP contribution >= 0.6 is 34.8 Å². The summed E-state index contributed by atoms with van der Waals surface area (Å²) in [7, 11) is 0. The zero-order valence-corrected chi connectivity index (χ0v) is 17.3. The minimum absolute atomic E-state index is 0.172. The molecule has 0 N–H and O–H groups in total. The minimum Gasteiger partial charge on any atom is -0.353 e. The predicted octanol–water partition coefficient (Wildman–Crippen LogP) is 6.54. The van der Waals surface area contributed by atoms with Crippen molar-refractivity contribution in [3.63, 3.8) is 0 Å². The van der Waals surface area contributed by atoms with Crippen LogP contribution in [0.15, 0.2) is 48.7 Å². The summed E-state index contributed by atoms with van der Waals surface area (Å²) in [5, 5.41) is 6.35. The van der Waals surface area contributed by atoms with Crippen LogP contribution in [0.3, 0.4) is 0 Å². The van der Waals surface area contributed by atoms with Crippen LogP contribution in [0.2, 0.25) is 15.1 Å². The Kier molecular flexibility index (Phi) is 6.24. The van der Waals surface area contributed by atoms with Crippen molar-refractivity contribution in [1.82, 2.24) is 9.78 Å². The summed E-state index contributed by atoms with van der Waals surface area (Å²) >= 11 is 18.6. The maximum absolute atomic E-state index is 6.44. The van der Waals surface area contributed by atoms with Crippen LogP contribution < -0.4 is 0 Å². The van der Waals surface area contributed by atoms with Gasteiger partial charge in [0.15, 0.2) is 6.29 Å². The van der Waals surface area contributed by atoms with Gasteiger partial charge in [0.05, 0.1) is 29.2 Å². The van der Waals surface area contributed by atoms with Gasteiger partial charge in [-0.1, -0.05) is 46.9 Å². The molecule has 1 aliphatic heterocycles. The average molecular weight is 438 g/mol. The molecule has 1 atom stereocenters. The first kappa shape index (κ1) is 19.7. The smallest absolute Gasteiger partial charge is 0.158 e. The first-order valence-electron chi connectivity index (χ1n) is 9.13. The Bertz CT molecular complexity index is 951. The van der Waals surface area contributed by atoms with Gasteiger partial charge >= 0.3 is 0 Å². The summed E-state index contributed by atoms with van der Waals surface area (Å²) in [6.07, 6.45) is 4.75. The molecule has 0 spiro atoms. The van der Waals surface area contributed by atoms with Gasteiger partial charge in [0.25, 0.3) is 0 Å². The van der Waals surface area contributed by atoms with Gasteiger partial charge in [0.2, 0.25) is 0 Å². The molecule has 146 valence electrons. The van der Waals surface area contributed by atoms with Crippen molar-refractivity contribution in [3.05, 3.63) is 69.3 Å². The highest BCUT2D eigenvalue weighted by atomic mass is 35.5. The van der Waals surface area contributed by atoms with E-state index >= 15 is 0 Å². The number of nitrogens with zero attached hydrogens (tertiary/aromatic N) is 2. The van der Waals surface area contributed by atoms with E-state index in [4.69, 9.17) is 44.3 Å². The highest BCUT2D eigenvalue weighted by molar-refractivity contribution is 6.35. The summed E-state index contributed by atoms with van der Waals surface area (Å²) in [6, 6.07) is 13.0. The third-order valence-electron chi connectivity index (χ3n) is 4.66. The number of benzene rings is 2. The maximum Gasteiger partial charge on any atom is 0.158 e. The second-order valence-corrected chi connectivity index (χ2v) is 7.92. The van der Waals surface area contributed by atoms with Crippen LogP contribution in [-0.4, -0.2) is 22.7 Å². The molecule has 1 aliphatic rings. The van der Waals surface area contributed by atoms with Gasteiger partial charge in [0, 0.05) is 27.8 Å². The molecular weight excluding hydrogens is 419 g/mol. The summed E-state index contributed by atoms with van der Waals surface area (Å²) < 4.78 is 13.5. The monoisotopic (exact) mass is 436 g/mol. The maximum atomic E-state index is 6.44. The molecule has 3 aromatic rings. The molecule has 1 saturated heterocycles. The number of halogens is 3. The fourth-order valence-electron chi connectivity index (χ4n) is 3.26. The molecule has 2 heterocycles. The Labute approximate surface area is 178 Å². The van der Waals surface area contributed by atoms with E-state index in [1.54, 1.807) is 18.3 Å². The molecule has 4 nitrogen and oxygen atoms in total. The number of hydrogen-bond donors (Lipinski definition) is 0. The van der Waals surface area contributed by atoms with Crippen LogP contribution in [0.1, 0.15) is 24.8 Å².